The summed E-state index contributed by atoms with van der Waals surface area (Å²) >= 11 is 0. The van der Waals surface area contributed by atoms with E-state index < -0.39 is 0 Å². The van der Waals surface area contributed by atoms with Crippen LogP contribution in [0.5, 0.6) is 5.75 Å². The fraction of sp³-hybridized carbons (Fsp3) is 0.167. The Bertz CT molecular complexity index is 1110. The summed E-state index contributed by atoms with van der Waals surface area (Å²) in [6.07, 6.45) is 2.87. The van der Waals surface area contributed by atoms with Gasteiger partial charge in [-0.2, -0.15) is 0 Å². The minimum atomic E-state index is 0.0593. The molecule has 1 N–H and O–H groups in total. The van der Waals surface area contributed by atoms with Crippen molar-refractivity contribution in [2.75, 3.05) is 6.54 Å². The third-order valence-corrected chi connectivity index (χ3v) is 5.18. The third kappa shape index (κ3) is 3.35. The van der Waals surface area contributed by atoms with Crippen molar-refractivity contribution in [3.8, 4) is 5.75 Å². The number of ether oxygens (including phenoxy) is 1. The molecular weight excluding hydrogens is 346 g/mol. The Hall–Kier alpha value is -3.24. The molecule has 0 aliphatic carbocycles. The van der Waals surface area contributed by atoms with Crippen LogP contribution < -0.4 is 10.1 Å². The van der Waals surface area contributed by atoms with Gasteiger partial charge in [-0.05, 0) is 47.4 Å². The van der Waals surface area contributed by atoms with Gasteiger partial charge in [-0.15, -0.1) is 0 Å². The van der Waals surface area contributed by atoms with E-state index in [0.29, 0.717) is 6.61 Å². The van der Waals surface area contributed by atoms with Crippen molar-refractivity contribution in [2.45, 2.75) is 19.1 Å². The lowest BCUT2D eigenvalue weighted by molar-refractivity contribution is 0.305. The van der Waals surface area contributed by atoms with Crippen LogP contribution >= 0.6 is 0 Å². The van der Waals surface area contributed by atoms with Gasteiger partial charge in [0.2, 0.25) is 0 Å². The van der Waals surface area contributed by atoms with Crippen LogP contribution in [0.4, 0.5) is 0 Å². The summed E-state index contributed by atoms with van der Waals surface area (Å²) in [5, 5.41) is 3.59. The molecule has 138 valence electrons. The Balaban J connectivity index is 1.41. The van der Waals surface area contributed by atoms with Crippen molar-refractivity contribution >= 4 is 11.0 Å². The maximum Gasteiger partial charge on any atom is 0.120 e. The molecule has 4 aromatic rings. The van der Waals surface area contributed by atoms with Gasteiger partial charge in [0.25, 0.3) is 0 Å². The largest absolute Gasteiger partial charge is 0.489 e. The van der Waals surface area contributed by atoms with Crippen molar-refractivity contribution in [2.24, 2.45) is 0 Å². The average molecular weight is 367 g/mol. The van der Waals surface area contributed by atoms with E-state index in [1.165, 1.54) is 16.7 Å². The summed E-state index contributed by atoms with van der Waals surface area (Å²) in [6.45, 7) is 1.49. The summed E-state index contributed by atoms with van der Waals surface area (Å²) in [5.74, 6) is 0.910. The number of benzene rings is 3. The first-order chi connectivity index (χ1) is 13.9. The highest BCUT2D eigenvalue weighted by Gasteiger charge is 2.23. The van der Waals surface area contributed by atoms with E-state index in [9.17, 15) is 0 Å². The summed E-state index contributed by atoms with van der Waals surface area (Å²) in [7, 11) is 0. The lowest BCUT2D eigenvalue weighted by atomic mass is 9.92. The minimum Gasteiger partial charge on any atom is -0.489 e. The van der Waals surface area contributed by atoms with Gasteiger partial charge in [-0.3, -0.25) is 4.98 Å². The second-order valence-electron chi connectivity index (χ2n) is 7.06. The molecule has 28 heavy (non-hydrogen) atoms. The lowest BCUT2D eigenvalue weighted by Crippen LogP contribution is -2.31. The number of hydrogen-bond donors (Lipinski definition) is 1. The molecule has 1 aliphatic rings. The fourth-order valence-electron chi connectivity index (χ4n) is 3.75. The maximum atomic E-state index is 6.01. The maximum absolute atomic E-state index is 6.01. The molecule has 1 atom stereocenters. The molecule has 4 nitrogen and oxygen atoms in total. The number of aromatic nitrogens is 2. The van der Waals surface area contributed by atoms with Crippen LogP contribution in [-0.2, 0) is 13.0 Å². The number of rotatable bonds is 4. The first-order valence-corrected chi connectivity index (χ1v) is 9.61. The molecule has 0 saturated heterocycles. The van der Waals surface area contributed by atoms with Crippen molar-refractivity contribution < 1.29 is 4.74 Å². The number of para-hydroxylation sites is 2. The second-order valence-corrected chi connectivity index (χ2v) is 7.06. The quantitative estimate of drug-likeness (QED) is 0.579. The van der Waals surface area contributed by atoms with Crippen LogP contribution in [0.3, 0.4) is 0 Å². The zero-order valence-electron chi connectivity index (χ0n) is 15.5. The lowest BCUT2D eigenvalue weighted by Gasteiger charge is -2.27. The van der Waals surface area contributed by atoms with Crippen LogP contribution in [0.1, 0.15) is 28.4 Å². The van der Waals surface area contributed by atoms with Crippen molar-refractivity contribution in [1.82, 2.24) is 15.3 Å². The van der Waals surface area contributed by atoms with Crippen LogP contribution in [0, 0.1) is 0 Å². The van der Waals surface area contributed by atoms with Gasteiger partial charge in [0.1, 0.15) is 12.4 Å². The topological polar surface area (TPSA) is 47.0 Å². The number of nitrogens with one attached hydrogen (secondary N) is 1. The number of nitrogens with zero attached hydrogens (tertiary/aromatic N) is 2. The Morgan fingerprint density at radius 1 is 0.929 bits per heavy atom. The van der Waals surface area contributed by atoms with Gasteiger partial charge in [-0.25, -0.2) is 4.98 Å². The van der Waals surface area contributed by atoms with E-state index in [2.05, 4.69) is 40.6 Å². The monoisotopic (exact) mass is 367 g/mol. The molecule has 0 radical (unpaired) electrons. The van der Waals surface area contributed by atoms with Gasteiger partial charge in [0.05, 0.1) is 29.0 Å². The molecule has 2 heterocycles. The van der Waals surface area contributed by atoms with Gasteiger partial charge in [0.15, 0.2) is 0 Å². The summed E-state index contributed by atoms with van der Waals surface area (Å²) in [4.78, 5) is 9.42. The normalized spacial score (nSPS) is 15.9. The van der Waals surface area contributed by atoms with Gasteiger partial charge in [-0.1, -0.05) is 48.5 Å². The fourth-order valence-corrected chi connectivity index (χ4v) is 3.75. The molecule has 5 rings (SSSR count). The van der Waals surface area contributed by atoms with Crippen molar-refractivity contribution in [3.05, 3.63) is 101 Å². The molecule has 0 spiro atoms. The molecule has 0 saturated carbocycles. The number of hydrogen-bond acceptors (Lipinski definition) is 4. The molecule has 1 aromatic heterocycles. The number of fused-ring (bicyclic) bond motifs is 2. The molecule has 1 aliphatic heterocycles. The summed E-state index contributed by atoms with van der Waals surface area (Å²) in [6, 6.07) is 24.7. The highest BCUT2D eigenvalue weighted by Crippen LogP contribution is 2.31. The van der Waals surface area contributed by atoms with Gasteiger partial charge >= 0.3 is 0 Å². The third-order valence-electron chi connectivity index (χ3n) is 5.18. The Morgan fingerprint density at radius 3 is 2.64 bits per heavy atom. The van der Waals surface area contributed by atoms with E-state index in [-0.39, 0.29) is 6.04 Å². The van der Waals surface area contributed by atoms with Gasteiger partial charge < -0.3 is 10.1 Å². The first kappa shape index (κ1) is 16.9. The molecule has 3 aromatic carbocycles. The highest BCUT2D eigenvalue weighted by molar-refractivity contribution is 5.73. The van der Waals surface area contributed by atoms with Crippen LogP contribution in [-0.4, -0.2) is 16.5 Å². The smallest absolute Gasteiger partial charge is 0.120 e. The van der Waals surface area contributed by atoms with E-state index in [1.54, 1.807) is 0 Å². The first-order valence-electron chi connectivity index (χ1n) is 9.61. The second kappa shape index (κ2) is 7.41. The minimum absolute atomic E-state index is 0.0593. The molecule has 0 bridgehead atoms. The summed E-state index contributed by atoms with van der Waals surface area (Å²) in [5.41, 5.74) is 6.54. The van der Waals surface area contributed by atoms with Crippen LogP contribution in [0.2, 0.25) is 0 Å². The van der Waals surface area contributed by atoms with Gasteiger partial charge in [0, 0.05) is 6.54 Å². The summed E-state index contributed by atoms with van der Waals surface area (Å²) < 4.78 is 6.01. The predicted octanol–water partition coefficient (Wildman–Crippen LogP) is 4.44. The van der Waals surface area contributed by atoms with Crippen molar-refractivity contribution in [1.29, 1.82) is 0 Å². The van der Waals surface area contributed by atoms with Crippen LogP contribution in [0.25, 0.3) is 11.0 Å². The van der Waals surface area contributed by atoms with Crippen LogP contribution in [0.15, 0.2) is 79.0 Å². The molecule has 0 amide bonds. The SMILES string of the molecule is c1ccc(COc2ccc3c(c2)CCNC3c2cnc3ccccc3n2)cc1. The van der Waals surface area contributed by atoms with Crippen molar-refractivity contribution in [3.63, 3.8) is 0 Å². The Kier molecular flexibility index (Phi) is 4.47. The average Bonchev–Trinajstić information content (AvgIpc) is 2.77. The molecule has 0 fully saturated rings. The Labute approximate surface area is 164 Å². The zero-order chi connectivity index (χ0) is 18.8. The zero-order valence-corrected chi connectivity index (χ0v) is 15.5. The highest BCUT2D eigenvalue weighted by atomic mass is 16.5. The molecule has 1 unspecified atom stereocenters. The predicted molar refractivity (Wildman–Crippen MR) is 110 cm³/mol. The molecular formula is C24H21N3O. The van der Waals surface area contributed by atoms with E-state index >= 15 is 0 Å². The van der Waals surface area contributed by atoms with E-state index in [0.717, 1.165) is 35.4 Å². The van der Waals surface area contributed by atoms with E-state index in [4.69, 9.17) is 9.72 Å². The standard InChI is InChI=1S/C24H21N3O/c1-2-6-17(7-3-1)16-28-19-10-11-20-18(14-19)12-13-25-24(20)23-15-26-21-8-4-5-9-22(21)27-23/h1-11,14-15,24-25H,12-13,16H2. The molecule has 4 heteroatoms. The Morgan fingerprint density at radius 2 is 1.75 bits per heavy atom. The van der Waals surface area contributed by atoms with E-state index in [1.807, 2.05) is 48.7 Å².